The minimum Gasteiger partial charge on any atom is -0.495 e. The van der Waals surface area contributed by atoms with Gasteiger partial charge in [0.2, 0.25) is 0 Å². The molecule has 7 heteroatoms. The van der Waals surface area contributed by atoms with E-state index >= 15 is 0 Å². The number of methoxy groups -OCH3 is 1. The number of para-hydroxylation sites is 2. The van der Waals surface area contributed by atoms with Gasteiger partial charge < -0.3 is 20.5 Å². The van der Waals surface area contributed by atoms with Crippen LogP contribution in [0.3, 0.4) is 0 Å². The summed E-state index contributed by atoms with van der Waals surface area (Å²) in [6, 6.07) is 7.21. The lowest BCUT2D eigenvalue weighted by atomic mass is 9.85. The Morgan fingerprint density at radius 3 is 2.65 bits per heavy atom. The zero-order valence-corrected chi connectivity index (χ0v) is 13.4. The van der Waals surface area contributed by atoms with E-state index in [-0.39, 0.29) is 24.7 Å². The van der Waals surface area contributed by atoms with Crippen molar-refractivity contribution in [1.82, 2.24) is 10.2 Å². The molecule has 2 amide bonds. The van der Waals surface area contributed by atoms with Crippen LogP contribution in [0, 0.1) is 0 Å². The van der Waals surface area contributed by atoms with E-state index in [1.165, 1.54) is 0 Å². The Kier molecular flexibility index (Phi) is 5.81. The normalized spacial score (nSPS) is 19.8. The maximum Gasteiger partial charge on any atom is 0.319 e. The second-order valence-electron chi connectivity index (χ2n) is 5.58. The number of aliphatic carboxylic acids is 1. The highest BCUT2D eigenvalue weighted by molar-refractivity contribution is 5.91. The summed E-state index contributed by atoms with van der Waals surface area (Å²) in [5, 5.41) is 14.5. The number of benzene rings is 1. The first kappa shape index (κ1) is 17.1. The van der Waals surface area contributed by atoms with Crippen LogP contribution in [0.4, 0.5) is 10.5 Å². The number of carboxylic acids is 1. The quantitative estimate of drug-likeness (QED) is 0.712. The average molecular weight is 321 g/mol. The van der Waals surface area contributed by atoms with Crippen LogP contribution in [0.15, 0.2) is 24.3 Å². The fourth-order valence-corrected chi connectivity index (χ4v) is 2.77. The van der Waals surface area contributed by atoms with Crippen LogP contribution in [0.2, 0.25) is 0 Å². The van der Waals surface area contributed by atoms with Gasteiger partial charge in [0.15, 0.2) is 0 Å². The van der Waals surface area contributed by atoms with E-state index in [0.717, 1.165) is 12.8 Å². The summed E-state index contributed by atoms with van der Waals surface area (Å²) < 4.78 is 5.19. The van der Waals surface area contributed by atoms with Crippen molar-refractivity contribution in [3.8, 4) is 5.75 Å². The number of carboxylic acid groups (broad SMARTS) is 1. The Bertz CT molecular complexity index is 558. The van der Waals surface area contributed by atoms with Crippen molar-refractivity contribution < 1.29 is 19.4 Å². The molecule has 126 valence electrons. The highest BCUT2D eigenvalue weighted by Crippen LogP contribution is 2.26. The van der Waals surface area contributed by atoms with Gasteiger partial charge in [0.25, 0.3) is 0 Å². The van der Waals surface area contributed by atoms with E-state index in [9.17, 15) is 9.59 Å². The predicted octanol–water partition coefficient (Wildman–Crippen LogP) is 1.75. The number of carbonyl (C=O) groups is 2. The summed E-state index contributed by atoms with van der Waals surface area (Å²) in [4.78, 5) is 24.7. The molecule has 3 N–H and O–H groups in total. The van der Waals surface area contributed by atoms with E-state index in [0.29, 0.717) is 18.0 Å². The molecule has 1 aliphatic rings. The number of urea groups is 1. The third-order valence-electron chi connectivity index (χ3n) is 4.06. The summed E-state index contributed by atoms with van der Waals surface area (Å²) >= 11 is 0. The number of nitrogens with zero attached hydrogens (tertiary/aromatic N) is 1. The molecule has 0 saturated heterocycles. The standard InChI is InChI=1S/C16H23N3O4/c1-3-19(10-15(20)21)12-8-11(9-12)17-16(22)18-13-6-4-5-7-14(13)23-2/h4-7,11-12H,3,8-10H2,1-2H3,(H,20,21)(H2,17,18,22). The lowest BCUT2D eigenvalue weighted by molar-refractivity contribution is -0.139. The van der Waals surface area contributed by atoms with Gasteiger partial charge in [-0.25, -0.2) is 4.79 Å². The summed E-state index contributed by atoms with van der Waals surface area (Å²) in [6.45, 7) is 2.68. The number of nitrogens with one attached hydrogen (secondary N) is 2. The van der Waals surface area contributed by atoms with E-state index in [1.54, 1.807) is 19.2 Å². The number of amides is 2. The SMILES string of the molecule is CCN(CC(=O)O)C1CC(NC(=O)Nc2ccccc2OC)C1. The van der Waals surface area contributed by atoms with Gasteiger partial charge in [0, 0.05) is 12.1 Å². The van der Waals surface area contributed by atoms with Gasteiger partial charge in [0.1, 0.15) is 5.75 Å². The smallest absolute Gasteiger partial charge is 0.319 e. The lowest BCUT2D eigenvalue weighted by Crippen LogP contribution is -2.55. The minimum atomic E-state index is -0.822. The zero-order chi connectivity index (χ0) is 16.8. The summed E-state index contributed by atoms with van der Waals surface area (Å²) in [5.41, 5.74) is 0.615. The molecule has 0 aliphatic heterocycles. The summed E-state index contributed by atoms with van der Waals surface area (Å²) in [5.74, 6) is -0.218. The van der Waals surface area contributed by atoms with Crippen LogP contribution < -0.4 is 15.4 Å². The van der Waals surface area contributed by atoms with Crippen molar-refractivity contribution in [2.45, 2.75) is 31.8 Å². The molecule has 2 rings (SSSR count). The van der Waals surface area contributed by atoms with Gasteiger partial charge in [-0.15, -0.1) is 0 Å². The number of hydrogen-bond donors (Lipinski definition) is 3. The second kappa shape index (κ2) is 7.82. The van der Waals surface area contributed by atoms with Gasteiger partial charge in [-0.1, -0.05) is 19.1 Å². The van der Waals surface area contributed by atoms with Crippen molar-refractivity contribution in [2.24, 2.45) is 0 Å². The molecule has 1 fully saturated rings. The Morgan fingerprint density at radius 2 is 2.04 bits per heavy atom. The van der Waals surface area contributed by atoms with Gasteiger partial charge in [0.05, 0.1) is 19.3 Å². The third-order valence-corrected chi connectivity index (χ3v) is 4.06. The first-order chi connectivity index (χ1) is 11.0. The zero-order valence-electron chi connectivity index (χ0n) is 13.4. The molecular weight excluding hydrogens is 298 g/mol. The molecule has 1 aliphatic carbocycles. The van der Waals surface area contributed by atoms with E-state index in [2.05, 4.69) is 10.6 Å². The molecular formula is C16H23N3O4. The van der Waals surface area contributed by atoms with Crippen LogP contribution >= 0.6 is 0 Å². The van der Waals surface area contributed by atoms with Crippen molar-refractivity contribution in [3.63, 3.8) is 0 Å². The number of rotatable bonds is 7. The number of carbonyl (C=O) groups excluding carboxylic acids is 1. The van der Waals surface area contributed by atoms with Gasteiger partial charge in [-0.2, -0.15) is 0 Å². The van der Waals surface area contributed by atoms with Crippen LogP contribution in [0.25, 0.3) is 0 Å². The number of likely N-dealkylation sites (N-methyl/N-ethyl adjacent to an activating group) is 1. The average Bonchev–Trinajstić information content (AvgIpc) is 2.48. The molecule has 0 atom stereocenters. The van der Waals surface area contributed by atoms with Crippen molar-refractivity contribution >= 4 is 17.7 Å². The van der Waals surface area contributed by atoms with E-state index in [1.807, 2.05) is 24.0 Å². The molecule has 23 heavy (non-hydrogen) atoms. The molecule has 0 spiro atoms. The Balaban J connectivity index is 1.79. The van der Waals surface area contributed by atoms with Crippen LogP contribution in [-0.4, -0.2) is 54.3 Å². The molecule has 0 bridgehead atoms. The van der Waals surface area contributed by atoms with E-state index < -0.39 is 5.97 Å². The molecule has 0 heterocycles. The molecule has 0 aromatic heterocycles. The number of hydrogen-bond acceptors (Lipinski definition) is 4. The van der Waals surface area contributed by atoms with Crippen molar-refractivity contribution in [3.05, 3.63) is 24.3 Å². The van der Waals surface area contributed by atoms with Crippen LogP contribution in [0.1, 0.15) is 19.8 Å². The maximum atomic E-state index is 12.0. The third kappa shape index (κ3) is 4.59. The molecule has 7 nitrogen and oxygen atoms in total. The summed E-state index contributed by atoms with van der Waals surface area (Å²) in [6.07, 6.45) is 1.53. The van der Waals surface area contributed by atoms with Crippen molar-refractivity contribution in [2.75, 3.05) is 25.5 Å². The molecule has 0 radical (unpaired) electrons. The fraction of sp³-hybridized carbons (Fsp3) is 0.500. The highest BCUT2D eigenvalue weighted by atomic mass is 16.5. The predicted molar refractivity (Wildman–Crippen MR) is 86.8 cm³/mol. The Morgan fingerprint density at radius 1 is 1.35 bits per heavy atom. The van der Waals surface area contributed by atoms with Crippen molar-refractivity contribution in [1.29, 1.82) is 0 Å². The molecule has 1 aromatic rings. The molecule has 1 aromatic carbocycles. The minimum absolute atomic E-state index is 0.0430. The van der Waals surface area contributed by atoms with Gasteiger partial charge in [-0.05, 0) is 31.5 Å². The largest absolute Gasteiger partial charge is 0.495 e. The number of anilines is 1. The topological polar surface area (TPSA) is 90.9 Å². The lowest BCUT2D eigenvalue weighted by Gasteiger charge is -2.42. The second-order valence-corrected chi connectivity index (χ2v) is 5.58. The highest BCUT2D eigenvalue weighted by Gasteiger charge is 2.34. The first-order valence-electron chi connectivity index (χ1n) is 7.69. The molecule has 1 saturated carbocycles. The fourth-order valence-electron chi connectivity index (χ4n) is 2.77. The van der Waals surface area contributed by atoms with Crippen LogP contribution in [-0.2, 0) is 4.79 Å². The Hall–Kier alpha value is -2.28. The first-order valence-corrected chi connectivity index (χ1v) is 7.69. The van der Waals surface area contributed by atoms with Crippen LogP contribution in [0.5, 0.6) is 5.75 Å². The number of ether oxygens (including phenoxy) is 1. The monoisotopic (exact) mass is 321 g/mol. The summed E-state index contributed by atoms with van der Waals surface area (Å²) in [7, 11) is 1.55. The van der Waals surface area contributed by atoms with Gasteiger partial charge in [-0.3, -0.25) is 9.69 Å². The molecule has 0 unspecified atom stereocenters. The maximum absolute atomic E-state index is 12.0. The van der Waals surface area contributed by atoms with E-state index in [4.69, 9.17) is 9.84 Å². The Labute approximate surface area is 135 Å². The van der Waals surface area contributed by atoms with Gasteiger partial charge >= 0.3 is 12.0 Å².